The molecule has 5 heteroatoms. The number of esters is 1. The Labute approximate surface area is 157 Å². The summed E-state index contributed by atoms with van der Waals surface area (Å²) in [5, 5.41) is 4.61. The topological polar surface area (TPSA) is 64.6 Å². The Hall–Kier alpha value is -3.34. The Bertz CT molecular complexity index is 962. The number of methoxy groups -OCH3 is 2. The molecule has 3 rings (SSSR count). The van der Waals surface area contributed by atoms with Crippen LogP contribution in [0.2, 0.25) is 0 Å². The van der Waals surface area contributed by atoms with Gasteiger partial charge >= 0.3 is 5.97 Å². The van der Waals surface area contributed by atoms with Crippen LogP contribution >= 0.6 is 0 Å². The van der Waals surface area contributed by atoms with Gasteiger partial charge in [0.05, 0.1) is 14.2 Å². The molecule has 0 saturated heterocycles. The van der Waals surface area contributed by atoms with Gasteiger partial charge in [-0.15, -0.1) is 0 Å². The highest BCUT2D eigenvalue weighted by Crippen LogP contribution is 2.19. The van der Waals surface area contributed by atoms with Gasteiger partial charge < -0.3 is 14.8 Å². The van der Waals surface area contributed by atoms with Crippen LogP contribution in [0.3, 0.4) is 0 Å². The summed E-state index contributed by atoms with van der Waals surface area (Å²) in [4.78, 5) is 25.1. The summed E-state index contributed by atoms with van der Waals surface area (Å²) in [5.41, 5.74) is 1.38. The summed E-state index contributed by atoms with van der Waals surface area (Å²) in [5.74, 6) is -0.118. The molecule has 0 unspecified atom stereocenters. The highest BCUT2D eigenvalue weighted by Gasteiger charge is 2.23. The molecule has 0 saturated carbocycles. The Morgan fingerprint density at radius 1 is 0.963 bits per heavy atom. The van der Waals surface area contributed by atoms with Crippen LogP contribution in [0.15, 0.2) is 66.7 Å². The van der Waals surface area contributed by atoms with E-state index in [2.05, 4.69) is 5.32 Å². The molecule has 3 aromatic carbocycles. The number of ether oxygens (including phenoxy) is 2. The minimum atomic E-state index is -0.798. The molecular weight excluding hydrogens is 342 g/mol. The lowest BCUT2D eigenvalue weighted by atomic mass is 10.0. The molecule has 5 nitrogen and oxygen atoms in total. The van der Waals surface area contributed by atoms with Crippen molar-refractivity contribution in [3.05, 3.63) is 77.9 Å². The molecule has 0 aromatic heterocycles. The van der Waals surface area contributed by atoms with Gasteiger partial charge in [-0.05, 0) is 34.5 Å². The molecule has 0 aliphatic carbocycles. The summed E-state index contributed by atoms with van der Waals surface area (Å²) < 4.78 is 10.1. The molecular formula is C22H21NO4. The third-order valence-electron chi connectivity index (χ3n) is 4.40. The van der Waals surface area contributed by atoms with Crippen LogP contribution in [0, 0.1) is 0 Å². The Kier molecular flexibility index (Phi) is 5.71. The van der Waals surface area contributed by atoms with Gasteiger partial charge in [-0.25, -0.2) is 4.79 Å². The van der Waals surface area contributed by atoms with Crippen molar-refractivity contribution in [2.24, 2.45) is 0 Å². The van der Waals surface area contributed by atoms with Crippen molar-refractivity contribution in [2.75, 3.05) is 14.2 Å². The first-order valence-electron chi connectivity index (χ1n) is 8.61. The van der Waals surface area contributed by atoms with Crippen molar-refractivity contribution in [2.45, 2.75) is 12.5 Å². The normalized spacial score (nSPS) is 11.6. The Balaban J connectivity index is 1.85. The molecule has 1 amide bonds. The number of hydrogen-bond acceptors (Lipinski definition) is 4. The number of amides is 1. The summed E-state index contributed by atoms with van der Waals surface area (Å²) in [6, 6.07) is 19.7. The number of rotatable bonds is 6. The molecule has 0 heterocycles. The van der Waals surface area contributed by atoms with Crippen molar-refractivity contribution in [3.8, 4) is 5.75 Å². The molecule has 0 radical (unpaired) electrons. The van der Waals surface area contributed by atoms with E-state index in [1.54, 1.807) is 13.2 Å². The second-order valence-corrected chi connectivity index (χ2v) is 6.13. The highest BCUT2D eigenvalue weighted by molar-refractivity contribution is 6.08. The number of carbonyl (C=O) groups is 2. The molecule has 1 atom stereocenters. The minimum Gasteiger partial charge on any atom is -0.497 e. The van der Waals surface area contributed by atoms with E-state index < -0.39 is 12.0 Å². The third-order valence-corrected chi connectivity index (χ3v) is 4.40. The molecule has 0 aliphatic heterocycles. The summed E-state index contributed by atoms with van der Waals surface area (Å²) in [7, 11) is 2.89. The average molecular weight is 363 g/mol. The minimum absolute atomic E-state index is 0.306. The second-order valence-electron chi connectivity index (χ2n) is 6.13. The molecule has 0 fully saturated rings. The van der Waals surface area contributed by atoms with Crippen LogP contribution in [0.25, 0.3) is 10.8 Å². The first-order valence-corrected chi connectivity index (χ1v) is 8.61. The fraction of sp³-hybridized carbons (Fsp3) is 0.182. The van der Waals surface area contributed by atoms with Gasteiger partial charge in [0.2, 0.25) is 0 Å². The maximum absolute atomic E-state index is 12.9. The van der Waals surface area contributed by atoms with Crippen molar-refractivity contribution in [3.63, 3.8) is 0 Å². The van der Waals surface area contributed by atoms with Gasteiger partial charge in [0.15, 0.2) is 0 Å². The molecule has 1 N–H and O–H groups in total. The van der Waals surface area contributed by atoms with Gasteiger partial charge in [0.1, 0.15) is 11.8 Å². The predicted octanol–water partition coefficient (Wildman–Crippen LogP) is 3.36. The van der Waals surface area contributed by atoms with E-state index in [9.17, 15) is 9.59 Å². The van der Waals surface area contributed by atoms with Crippen LogP contribution < -0.4 is 10.1 Å². The van der Waals surface area contributed by atoms with Crippen LogP contribution in [0.4, 0.5) is 0 Å². The fourth-order valence-corrected chi connectivity index (χ4v) is 3.03. The van der Waals surface area contributed by atoms with E-state index in [-0.39, 0.29) is 5.91 Å². The number of nitrogens with one attached hydrogen (secondary N) is 1. The third kappa shape index (κ3) is 4.26. The largest absolute Gasteiger partial charge is 0.497 e. The highest BCUT2D eigenvalue weighted by atomic mass is 16.5. The van der Waals surface area contributed by atoms with Crippen LogP contribution in [0.1, 0.15) is 15.9 Å². The summed E-state index contributed by atoms with van der Waals surface area (Å²) >= 11 is 0. The lowest BCUT2D eigenvalue weighted by Crippen LogP contribution is -2.43. The zero-order valence-electron chi connectivity index (χ0n) is 15.3. The van der Waals surface area contributed by atoms with E-state index in [1.165, 1.54) is 7.11 Å². The first-order chi connectivity index (χ1) is 13.1. The summed E-state index contributed by atoms with van der Waals surface area (Å²) in [6.07, 6.45) is 0.306. The number of fused-ring (bicyclic) bond motifs is 1. The first kappa shape index (κ1) is 18.5. The Morgan fingerprint density at radius 2 is 1.70 bits per heavy atom. The lowest BCUT2D eigenvalue weighted by molar-refractivity contribution is -0.142. The quantitative estimate of drug-likeness (QED) is 0.682. The number of hydrogen-bond donors (Lipinski definition) is 1. The van der Waals surface area contributed by atoms with Crippen molar-refractivity contribution in [1.82, 2.24) is 5.32 Å². The van der Waals surface area contributed by atoms with E-state index in [4.69, 9.17) is 9.47 Å². The van der Waals surface area contributed by atoms with Gasteiger partial charge in [-0.1, -0.05) is 48.5 Å². The van der Waals surface area contributed by atoms with E-state index in [0.717, 1.165) is 16.3 Å². The maximum Gasteiger partial charge on any atom is 0.328 e. The monoisotopic (exact) mass is 363 g/mol. The zero-order chi connectivity index (χ0) is 19.2. The molecule has 27 heavy (non-hydrogen) atoms. The average Bonchev–Trinajstić information content (AvgIpc) is 2.72. The van der Waals surface area contributed by atoms with Gasteiger partial charge in [0, 0.05) is 12.0 Å². The number of benzene rings is 3. The molecule has 0 spiro atoms. The van der Waals surface area contributed by atoms with Crippen LogP contribution in [-0.4, -0.2) is 32.1 Å². The number of carbonyl (C=O) groups excluding carboxylic acids is 2. The second kappa shape index (κ2) is 8.36. The van der Waals surface area contributed by atoms with Crippen LogP contribution in [-0.2, 0) is 16.0 Å². The zero-order valence-corrected chi connectivity index (χ0v) is 15.3. The fourth-order valence-electron chi connectivity index (χ4n) is 3.03. The van der Waals surface area contributed by atoms with Gasteiger partial charge in [-0.3, -0.25) is 4.79 Å². The smallest absolute Gasteiger partial charge is 0.328 e. The van der Waals surface area contributed by atoms with E-state index in [1.807, 2.05) is 60.7 Å². The van der Waals surface area contributed by atoms with Crippen molar-refractivity contribution in [1.29, 1.82) is 0 Å². The van der Waals surface area contributed by atoms with Gasteiger partial charge in [0.25, 0.3) is 5.91 Å². The lowest BCUT2D eigenvalue weighted by Gasteiger charge is -2.17. The predicted molar refractivity (Wildman–Crippen MR) is 104 cm³/mol. The Morgan fingerprint density at radius 3 is 2.48 bits per heavy atom. The van der Waals surface area contributed by atoms with Crippen molar-refractivity contribution < 1.29 is 19.1 Å². The summed E-state index contributed by atoms with van der Waals surface area (Å²) in [6.45, 7) is 0. The SMILES string of the molecule is COC(=O)[C@H](Cc1cccc(OC)c1)NC(=O)c1cccc2ccccc12. The molecule has 3 aromatic rings. The van der Waals surface area contributed by atoms with E-state index in [0.29, 0.717) is 17.7 Å². The van der Waals surface area contributed by atoms with Crippen molar-refractivity contribution >= 4 is 22.6 Å². The standard InChI is InChI=1S/C22H21NO4/c1-26-17-10-5-7-15(13-17)14-20(22(25)27-2)23-21(24)19-12-6-9-16-8-3-4-11-18(16)19/h3-13,20H,14H2,1-2H3,(H,23,24)/t20-/m0/s1. The van der Waals surface area contributed by atoms with Crippen LogP contribution in [0.5, 0.6) is 5.75 Å². The molecule has 138 valence electrons. The molecule has 0 aliphatic rings. The maximum atomic E-state index is 12.9. The van der Waals surface area contributed by atoms with Gasteiger partial charge in [-0.2, -0.15) is 0 Å². The van der Waals surface area contributed by atoms with E-state index >= 15 is 0 Å². The molecule has 0 bridgehead atoms.